The van der Waals surface area contributed by atoms with E-state index in [0.29, 0.717) is 6.42 Å². The second-order valence-corrected chi connectivity index (χ2v) is 6.37. The van der Waals surface area contributed by atoms with Gasteiger partial charge in [-0.2, -0.15) is 0 Å². The van der Waals surface area contributed by atoms with Gasteiger partial charge in [0.05, 0.1) is 0 Å². The number of carbonyl (C=O) groups excluding carboxylic acids is 1. The Hall–Kier alpha value is -1.54. The zero-order chi connectivity index (χ0) is 15.1. The largest absolute Gasteiger partial charge is 0.294 e. The normalized spacial score (nSPS) is 10.6. The van der Waals surface area contributed by atoms with Crippen LogP contribution in [-0.2, 0) is 5.75 Å². The van der Waals surface area contributed by atoms with Crippen LogP contribution >= 0.6 is 11.8 Å². The molecule has 0 amide bonds. The van der Waals surface area contributed by atoms with E-state index >= 15 is 0 Å². The fourth-order valence-corrected chi connectivity index (χ4v) is 2.92. The minimum Gasteiger partial charge on any atom is -0.294 e. The summed E-state index contributed by atoms with van der Waals surface area (Å²) in [6, 6.07) is 16.6. The van der Waals surface area contributed by atoms with Crippen molar-refractivity contribution in [3.05, 3.63) is 65.2 Å². The topological polar surface area (TPSA) is 17.1 Å². The first-order valence-corrected chi connectivity index (χ1v) is 8.49. The van der Waals surface area contributed by atoms with Crippen molar-refractivity contribution in [3.63, 3.8) is 0 Å². The van der Waals surface area contributed by atoms with Crippen molar-refractivity contribution in [1.29, 1.82) is 0 Å². The number of hydrogen-bond donors (Lipinski definition) is 0. The summed E-state index contributed by atoms with van der Waals surface area (Å²) in [6.45, 7) is 4.21. The van der Waals surface area contributed by atoms with Gasteiger partial charge in [-0.15, -0.1) is 11.8 Å². The van der Waals surface area contributed by atoms with Crippen LogP contribution in [0.2, 0.25) is 0 Å². The predicted molar refractivity (Wildman–Crippen MR) is 91.0 cm³/mol. The molecular formula is C19H22OS. The molecule has 0 bridgehead atoms. The third-order valence-corrected chi connectivity index (χ3v) is 4.54. The van der Waals surface area contributed by atoms with Crippen molar-refractivity contribution in [3.8, 4) is 0 Å². The highest BCUT2D eigenvalue weighted by Crippen LogP contribution is 2.23. The number of Topliss-reactive ketones (excluding diaryl/α,β-unsaturated/α-hetero) is 1. The highest BCUT2D eigenvalue weighted by molar-refractivity contribution is 7.98. The molecule has 0 fully saturated rings. The zero-order valence-electron chi connectivity index (χ0n) is 12.8. The molecule has 2 aromatic carbocycles. The van der Waals surface area contributed by atoms with Gasteiger partial charge in [0.2, 0.25) is 0 Å². The molecule has 2 heteroatoms. The van der Waals surface area contributed by atoms with Gasteiger partial charge in [0, 0.05) is 22.6 Å². The summed E-state index contributed by atoms with van der Waals surface area (Å²) >= 11 is 1.81. The van der Waals surface area contributed by atoms with Gasteiger partial charge in [0.25, 0.3) is 0 Å². The molecule has 2 rings (SSSR count). The van der Waals surface area contributed by atoms with Gasteiger partial charge >= 0.3 is 0 Å². The molecule has 0 aliphatic rings. The number of rotatable bonds is 7. The van der Waals surface area contributed by atoms with Crippen molar-refractivity contribution in [2.24, 2.45) is 0 Å². The van der Waals surface area contributed by atoms with Gasteiger partial charge < -0.3 is 0 Å². The van der Waals surface area contributed by atoms with Crippen molar-refractivity contribution in [2.75, 3.05) is 0 Å². The molecule has 0 saturated heterocycles. The Morgan fingerprint density at radius 3 is 2.29 bits per heavy atom. The monoisotopic (exact) mass is 298 g/mol. The second kappa shape index (κ2) is 8.04. The number of carbonyl (C=O) groups is 1. The van der Waals surface area contributed by atoms with Crippen LogP contribution in [0.1, 0.15) is 47.7 Å². The average Bonchev–Trinajstić information content (AvgIpc) is 2.52. The maximum absolute atomic E-state index is 11.9. The van der Waals surface area contributed by atoms with Gasteiger partial charge in [-0.1, -0.05) is 55.3 Å². The zero-order valence-corrected chi connectivity index (χ0v) is 13.6. The molecule has 0 heterocycles. The second-order valence-electron chi connectivity index (χ2n) is 5.33. The van der Waals surface area contributed by atoms with E-state index in [-0.39, 0.29) is 5.78 Å². The van der Waals surface area contributed by atoms with Crippen LogP contribution in [0.5, 0.6) is 0 Å². The first-order valence-electron chi connectivity index (χ1n) is 7.50. The highest BCUT2D eigenvalue weighted by atomic mass is 32.2. The predicted octanol–water partition coefficient (Wildman–Crippen LogP) is 5.66. The smallest absolute Gasteiger partial charge is 0.162 e. The molecule has 0 atom stereocenters. The summed E-state index contributed by atoms with van der Waals surface area (Å²) in [5.74, 6) is 1.22. The number of unbranched alkanes of at least 4 members (excludes halogenated alkanes) is 1. The lowest BCUT2D eigenvalue weighted by molar-refractivity contribution is 0.0979. The fraction of sp³-hybridized carbons (Fsp3) is 0.316. The first-order chi connectivity index (χ1) is 10.2. The molecule has 21 heavy (non-hydrogen) atoms. The van der Waals surface area contributed by atoms with Crippen molar-refractivity contribution < 1.29 is 4.79 Å². The Bertz CT molecular complexity index is 570. The van der Waals surface area contributed by atoms with Gasteiger partial charge in [-0.05, 0) is 31.0 Å². The van der Waals surface area contributed by atoms with E-state index < -0.39 is 0 Å². The third kappa shape index (κ3) is 5.05. The average molecular weight is 298 g/mol. The Labute approximate surface area is 131 Å². The summed E-state index contributed by atoms with van der Waals surface area (Å²) in [7, 11) is 0. The van der Waals surface area contributed by atoms with Crippen LogP contribution in [-0.4, -0.2) is 5.78 Å². The molecule has 0 saturated carbocycles. The number of aryl methyl sites for hydroxylation is 1. The Kier molecular flexibility index (Phi) is 6.06. The molecule has 2 aromatic rings. The summed E-state index contributed by atoms with van der Waals surface area (Å²) in [5, 5.41) is 0. The summed E-state index contributed by atoms with van der Waals surface area (Å²) < 4.78 is 0. The summed E-state index contributed by atoms with van der Waals surface area (Å²) in [4.78, 5) is 13.1. The van der Waals surface area contributed by atoms with Gasteiger partial charge in [0.15, 0.2) is 5.78 Å². The summed E-state index contributed by atoms with van der Waals surface area (Å²) in [5.41, 5.74) is 3.45. The van der Waals surface area contributed by atoms with E-state index in [1.54, 1.807) is 11.8 Å². The van der Waals surface area contributed by atoms with E-state index in [9.17, 15) is 4.79 Å². The van der Waals surface area contributed by atoms with Crippen LogP contribution in [0.4, 0.5) is 0 Å². The Morgan fingerprint density at radius 1 is 1.00 bits per heavy atom. The molecule has 110 valence electrons. The summed E-state index contributed by atoms with van der Waals surface area (Å²) in [6.07, 6.45) is 2.70. The maximum Gasteiger partial charge on any atom is 0.162 e. The molecule has 0 unspecified atom stereocenters. The lowest BCUT2D eigenvalue weighted by Gasteiger charge is -2.04. The fourth-order valence-electron chi connectivity index (χ4n) is 2.07. The van der Waals surface area contributed by atoms with Crippen molar-refractivity contribution in [2.45, 2.75) is 43.8 Å². The van der Waals surface area contributed by atoms with E-state index in [2.05, 4.69) is 50.2 Å². The number of thioether (sulfide) groups is 1. The SMILES string of the molecule is CCCCC(=O)c1ccc(SCc2ccc(C)cc2)cc1. The van der Waals surface area contributed by atoms with Gasteiger partial charge in [-0.25, -0.2) is 0 Å². The van der Waals surface area contributed by atoms with Gasteiger partial charge in [-0.3, -0.25) is 4.79 Å². The van der Waals surface area contributed by atoms with Crippen LogP contribution < -0.4 is 0 Å². The van der Waals surface area contributed by atoms with Crippen molar-refractivity contribution >= 4 is 17.5 Å². The van der Waals surface area contributed by atoms with E-state index in [1.165, 1.54) is 16.0 Å². The van der Waals surface area contributed by atoms with Crippen LogP contribution in [0.15, 0.2) is 53.4 Å². The Morgan fingerprint density at radius 2 is 1.67 bits per heavy atom. The number of benzene rings is 2. The van der Waals surface area contributed by atoms with Crippen LogP contribution in [0, 0.1) is 6.92 Å². The molecular weight excluding hydrogens is 276 g/mol. The lowest BCUT2D eigenvalue weighted by Crippen LogP contribution is -1.98. The molecule has 0 N–H and O–H groups in total. The molecule has 0 aliphatic heterocycles. The Balaban J connectivity index is 1.90. The maximum atomic E-state index is 11.9. The molecule has 0 aliphatic carbocycles. The quantitative estimate of drug-likeness (QED) is 0.484. The molecule has 0 radical (unpaired) electrons. The van der Waals surface area contributed by atoms with Crippen molar-refractivity contribution in [1.82, 2.24) is 0 Å². The highest BCUT2D eigenvalue weighted by Gasteiger charge is 2.05. The molecule has 0 spiro atoms. The number of hydrogen-bond acceptors (Lipinski definition) is 2. The van der Waals surface area contributed by atoms with Crippen LogP contribution in [0.25, 0.3) is 0 Å². The molecule has 0 aromatic heterocycles. The minimum atomic E-state index is 0.256. The minimum absolute atomic E-state index is 0.256. The van der Waals surface area contributed by atoms with Gasteiger partial charge in [0.1, 0.15) is 0 Å². The standard InChI is InChI=1S/C19H22OS/c1-3-4-5-19(20)17-10-12-18(13-11-17)21-14-16-8-6-15(2)7-9-16/h6-13H,3-5,14H2,1-2H3. The molecule has 1 nitrogen and oxygen atoms in total. The van der Waals surface area contributed by atoms with E-state index in [0.717, 1.165) is 24.2 Å². The third-order valence-electron chi connectivity index (χ3n) is 3.46. The van der Waals surface area contributed by atoms with E-state index in [4.69, 9.17) is 0 Å². The van der Waals surface area contributed by atoms with E-state index in [1.807, 2.05) is 12.1 Å². The first kappa shape index (κ1) is 15.8. The van der Waals surface area contributed by atoms with Crippen LogP contribution in [0.3, 0.4) is 0 Å². The lowest BCUT2D eigenvalue weighted by atomic mass is 10.1. The number of ketones is 1.